The zero-order valence-electron chi connectivity index (χ0n) is 8.79. The van der Waals surface area contributed by atoms with Crippen molar-refractivity contribution in [1.29, 1.82) is 0 Å². The van der Waals surface area contributed by atoms with E-state index >= 15 is 0 Å². The first-order valence-corrected chi connectivity index (χ1v) is 6.34. The zero-order chi connectivity index (χ0) is 12.3. The van der Waals surface area contributed by atoms with E-state index in [1.807, 2.05) is 0 Å². The number of halogens is 3. The number of rotatable bonds is 3. The highest BCUT2D eigenvalue weighted by molar-refractivity contribution is 7.98. The number of hydrogen-bond donors (Lipinski definition) is 0. The van der Waals surface area contributed by atoms with Gasteiger partial charge in [-0.25, -0.2) is 8.78 Å². The maximum atomic E-state index is 13.5. The summed E-state index contributed by atoms with van der Waals surface area (Å²) in [6.45, 7) is 0. The van der Waals surface area contributed by atoms with Crippen LogP contribution >= 0.6 is 23.4 Å². The summed E-state index contributed by atoms with van der Waals surface area (Å²) >= 11 is 7.12. The molecule has 0 saturated heterocycles. The smallest absolute Gasteiger partial charge is 0.128 e. The Bertz CT molecular complexity index is 511. The van der Waals surface area contributed by atoms with Gasteiger partial charge in [0.1, 0.15) is 11.6 Å². The maximum absolute atomic E-state index is 13.5. The Hall–Kier alpha value is -1.06. The Balaban J connectivity index is 2.04. The van der Waals surface area contributed by atoms with Crippen molar-refractivity contribution >= 4 is 23.4 Å². The third-order valence-corrected chi connectivity index (χ3v) is 3.52. The van der Waals surface area contributed by atoms with Crippen molar-refractivity contribution in [2.75, 3.05) is 0 Å². The van der Waals surface area contributed by atoms with Gasteiger partial charge < -0.3 is 0 Å². The first kappa shape index (κ1) is 12.4. The van der Waals surface area contributed by atoms with Crippen molar-refractivity contribution < 1.29 is 8.78 Å². The summed E-state index contributed by atoms with van der Waals surface area (Å²) in [5.41, 5.74) is 0.587. The maximum Gasteiger partial charge on any atom is 0.128 e. The molecule has 0 radical (unpaired) electrons. The SMILES string of the molecule is Fc1ccc(SCc2ccc(Cl)cc2F)cc1. The molecule has 4 heteroatoms. The molecule has 0 amide bonds. The van der Waals surface area contributed by atoms with E-state index in [-0.39, 0.29) is 11.6 Å². The van der Waals surface area contributed by atoms with Crippen LogP contribution in [-0.4, -0.2) is 0 Å². The van der Waals surface area contributed by atoms with Crippen molar-refractivity contribution in [3.63, 3.8) is 0 Å². The van der Waals surface area contributed by atoms with Crippen molar-refractivity contribution in [1.82, 2.24) is 0 Å². The van der Waals surface area contributed by atoms with Gasteiger partial charge in [-0.15, -0.1) is 11.8 Å². The van der Waals surface area contributed by atoms with E-state index in [0.717, 1.165) is 4.90 Å². The summed E-state index contributed by atoms with van der Waals surface area (Å²) in [5.74, 6) is -0.0895. The predicted molar refractivity (Wildman–Crippen MR) is 67.4 cm³/mol. The molecule has 0 unspecified atom stereocenters. The lowest BCUT2D eigenvalue weighted by atomic mass is 10.2. The van der Waals surface area contributed by atoms with E-state index in [1.54, 1.807) is 24.3 Å². The predicted octanol–water partition coefficient (Wildman–Crippen LogP) is 4.91. The molecule has 0 N–H and O–H groups in total. The lowest BCUT2D eigenvalue weighted by molar-refractivity contribution is 0.617. The largest absolute Gasteiger partial charge is 0.207 e. The Kier molecular flexibility index (Phi) is 4.02. The standard InChI is InChI=1S/C13H9ClF2S/c14-10-2-1-9(13(16)7-10)8-17-12-5-3-11(15)4-6-12/h1-7H,8H2. The van der Waals surface area contributed by atoms with Crippen molar-refractivity contribution in [3.8, 4) is 0 Å². The Labute approximate surface area is 108 Å². The highest BCUT2D eigenvalue weighted by Crippen LogP contribution is 2.25. The molecule has 0 aliphatic carbocycles. The number of benzene rings is 2. The summed E-state index contributed by atoms with van der Waals surface area (Å²) in [4.78, 5) is 0.903. The van der Waals surface area contributed by atoms with Crippen molar-refractivity contribution in [3.05, 3.63) is 64.7 Å². The minimum atomic E-state index is -0.313. The summed E-state index contributed by atoms with van der Waals surface area (Å²) in [5, 5.41) is 0.387. The fourth-order valence-corrected chi connectivity index (χ4v) is 2.37. The Morgan fingerprint density at radius 3 is 2.35 bits per heavy atom. The normalized spacial score (nSPS) is 10.5. The average Bonchev–Trinajstić information content (AvgIpc) is 2.30. The molecule has 0 fully saturated rings. The highest BCUT2D eigenvalue weighted by atomic mass is 35.5. The molecular weight excluding hydrogens is 262 g/mol. The van der Waals surface area contributed by atoms with Gasteiger partial charge in [-0.05, 0) is 42.0 Å². The van der Waals surface area contributed by atoms with Crippen LogP contribution in [-0.2, 0) is 5.75 Å². The molecule has 2 rings (SSSR count). The quantitative estimate of drug-likeness (QED) is 0.714. The molecule has 0 heterocycles. The molecule has 0 bridgehead atoms. The molecule has 2 aromatic rings. The molecule has 88 valence electrons. The van der Waals surface area contributed by atoms with E-state index in [9.17, 15) is 8.78 Å². The van der Waals surface area contributed by atoms with Crippen molar-refractivity contribution in [2.45, 2.75) is 10.6 Å². The van der Waals surface area contributed by atoms with Crippen LogP contribution in [0.25, 0.3) is 0 Å². The molecule has 0 spiro atoms. The first-order chi connectivity index (χ1) is 8.15. The van der Waals surface area contributed by atoms with E-state index in [2.05, 4.69) is 0 Å². The van der Waals surface area contributed by atoms with Crippen LogP contribution in [0.3, 0.4) is 0 Å². The van der Waals surface area contributed by atoms with Gasteiger partial charge in [0.05, 0.1) is 0 Å². The molecule has 17 heavy (non-hydrogen) atoms. The van der Waals surface area contributed by atoms with Crippen molar-refractivity contribution in [2.24, 2.45) is 0 Å². The molecular formula is C13H9ClF2S. The van der Waals surface area contributed by atoms with Gasteiger partial charge in [0.25, 0.3) is 0 Å². The monoisotopic (exact) mass is 270 g/mol. The minimum absolute atomic E-state index is 0.271. The second-order valence-corrected chi connectivity index (χ2v) is 4.96. The van der Waals surface area contributed by atoms with Crippen LogP contribution in [0.1, 0.15) is 5.56 Å². The van der Waals surface area contributed by atoms with E-state index in [4.69, 9.17) is 11.6 Å². The third-order valence-electron chi connectivity index (χ3n) is 2.22. The summed E-state index contributed by atoms with van der Waals surface area (Å²) in [6.07, 6.45) is 0. The molecule has 0 nitrogen and oxygen atoms in total. The lowest BCUT2D eigenvalue weighted by Crippen LogP contribution is -1.87. The Morgan fingerprint density at radius 2 is 1.71 bits per heavy atom. The van der Waals surface area contributed by atoms with Crippen LogP contribution < -0.4 is 0 Å². The summed E-state index contributed by atoms with van der Waals surface area (Å²) < 4.78 is 26.1. The van der Waals surface area contributed by atoms with Crippen LogP contribution in [0, 0.1) is 11.6 Å². The second kappa shape index (κ2) is 5.52. The molecule has 0 aliphatic rings. The van der Waals surface area contributed by atoms with Gasteiger partial charge in [0, 0.05) is 15.7 Å². The zero-order valence-corrected chi connectivity index (χ0v) is 10.4. The summed E-state index contributed by atoms with van der Waals surface area (Å²) in [6, 6.07) is 10.7. The van der Waals surface area contributed by atoms with E-state index in [1.165, 1.54) is 30.0 Å². The fourth-order valence-electron chi connectivity index (χ4n) is 1.33. The van der Waals surface area contributed by atoms with Gasteiger partial charge in [-0.3, -0.25) is 0 Å². The topological polar surface area (TPSA) is 0 Å². The first-order valence-electron chi connectivity index (χ1n) is 4.97. The average molecular weight is 271 g/mol. The van der Waals surface area contributed by atoms with Crippen LogP contribution in [0.4, 0.5) is 8.78 Å². The molecule has 0 aromatic heterocycles. The van der Waals surface area contributed by atoms with Crippen LogP contribution in [0.15, 0.2) is 47.4 Å². The van der Waals surface area contributed by atoms with E-state index in [0.29, 0.717) is 16.3 Å². The summed E-state index contributed by atoms with van der Waals surface area (Å²) in [7, 11) is 0. The van der Waals surface area contributed by atoms with Gasteiger partial charge >= 0.3 is 0 Å². The van der Waals surface area contributed by atoms with Crippen LogP contribution in [0.2, 0.25) is 5.02 Å². The van der Waals surface area contributed by atoms with Gasteiger partial charge in [-0.2, -0.15) is 0 Å². The molecule has 0 atom stereocenters. The molecule has 0 saturated carbocycles. The minimum Gasteiger partial charge on any atom is -0.207 e. The number of thioether (sulfide) groups is 1. The second-order valence-electron chi connectivity index (χ2n) is 3.48. The van der Waals surface area contributed by atoms with E-state index < -0.39 is 0 Å². The lowest BCUT2D eigenvalue weighted by Gasteiger charge is -2.04. The van der Waals surface area contributed by atoms with Gasteiger partial charge in [0.2, 0.25) is 0 Å². The molecule has 0 aliphatic heterocycles. The third kappa shape index (κ3) is 3.45. The Morgan fingerprint density at radius 1 is 1.00 bits per heavy atom. The number of hydrogen-bond acceptors (Lipinski definition) is 1. The molecule has 2 aromatic carbocycles. The van der Waals surface area contributed by atoms with Gasteiger partial charge in [-0.1, -0.05) is 17.7 Å². The highest BCUT2D eigenvalue weighted by Gasteiger charge is 2.03. The van der Waals surface area contributed by atoms with Gasteiger partial charge in [0.15, 0.2) is 0 Å². The van der Waals surface area contributed by atoms with Crippen LogP contribution in [0.5, 0.6) is 0 Å². The fraction of sp³-hybridized carbons (Fsp3) is 0.0769.